The van der Waals surface area contributed by atoms with Gasteiger partial charge in [0.05, 0.1) is 0 Å². The number of hydrogen-bond donors (Lipinski definition) is 1. The SMILES string of the molecule is CCN(CC)C(C)C(C)NC. The minimum absolute atomic E-state index is 0.579. The fraction of sp³-hybridized carbons (Fsp3) is 1.00. The average Bonchev–Trinajstić information content (AvgIpc) is 2.05. The summed E-state index contributed by atoms with van der Waals surface area (Å²) in [6.07, 6.45) is 0. The van der Waals surface area contributed by atoms with Crippen LogP contribution in [0.25, 0.3) is 0 Å². The Hall–Kier alpha value is -0.0800. The number of nitrogens with zero attached hydrogens (tertiary/aromatic N) is 1. The summed E-state index contributed by atoms with van der Waals surface area (Å²) in [6.45, 7) is 11.2. The molecule has 0 heterocycles. The van der Waals surface area contributed by atoms with Crippen molar-refractivity contribution < 1.29 is 0 Å². The maximum atomic E-state index is 3.27. The van der Waals surface area contributed by atoms with E-state index in [1.54, 1.807) is 0 Å². The van der Waals surface area contributed by atoms with Crippen molar-refractivity contribution in [2.45, 2.75) is 39.8 Å². The van der Waals surface area contributed by atoms with E-state index in [1.165, 1.54) is 0 Å². The van der Waals surface area contributed by atoms with Crippen molar-refractivity contribution in [3.05, 3.63) is 0 Å². The lowest BCUT2D eigenvalue weighted by molar-refractivity contribution is 0.196. The molecule has 2 atom stereocenters. The first-order valence-electron chi connectivity index (χ1n) is 4.58. The molecule has 0 saturated heterocycles. The van der Waals surface area contributed by atoms with Crippen molar-refractivity contribution in [1.82, 2.24) is 10.2 Å². The van der Waals surface area contributed by atoms with E-state index in [2.05, 4.69) is 37.9 Å². The fourth-order valence-electron chi connectivity index (χ4n) is 1.36. The van der Waals surface area contributed by atoms with Crippen LogP contribution < -0.4 is 5.32 Å². The first-order valence-corrected chi connectivity index (χ1v) is 4.58. The Morgan fingerprint density at radius 2 is 1.64 bits per heavy atom. The lowest BCUT2D eigenvalue weighted by Gasteiger charge is -2.30. The molecule has 0 aliphatic carbocycles. The molecular formula is C9H22N2. The van der Waals surface area contributed by atoms with E-state index in [0.29, 0.717) is 12.1 Å². The minimum atomic E-state index is 0.579. The van der Waals surface area contributed by atoms with E-state index >= 15 is 0 Å². The van der Waals surface area contributed by atoms with Gasteiger partial charge in [0.25, 0.3) is 0 Å². The highest BCUT2D eigenvalue weighted by molar-refractivity contribution is 4.74. The largest absolute Gasteiger partial charge is 0.316 e. The molecule has 11 heavy (non-hydrogen) atoms. The van der Waals surface area contributed by atoms with E-state index in [0.717, 1.165) is 13.1 Å². The van der Waals surface area contributed by atoms with Crippen LogP contribution in [0.3, 0.4) is 0 Å². The van der Waals surface area contributed by atoms with Gasteiger partial charge in [-0.1, -0.05) is 13.8 Å². The van der Waals surface area contributed by atoms with Gasteiger partial charge in [-0.25, -0.2) is 0 Å². The van der Waals surface area contributed by atoms with Crippen molar-refractivity contribution in [2.24, 2.45) is 0 Å². The van der Waals surface area contributed by atoms with Gasteiger partial charge in [0.1, 0.15) is 0 Å². The highest BCUT2D eigenvalue weighted by Gasteiger charge is 2.14. The molecule has 0 saturated carbocycles. The zero-order chi connectivity index (χ0) is 8.85. The molecule has 2 nitrogen and oxygen atoms in total. The predicted molar refractivity (Wildman–Crippen MR) is 50.9 cm³/mol. The van der Waals surface area contributed by atoms with E-state index in [-0.39, 0.29) is 0 Å². The number of likely N-dealkylation sites (N-methyl/N-ethyl adjacent to an activating group) is 2. The Morgan fingerprint density at radius 1 is 1.18 bits per heavy atom. The second-order valence-corrected chi connectivity index (χ2v) is 3.04. The summed E-state index contributed by atoms with van der Waals surface area (Å²) >= 11 is 0. The topological polar surface area (TPSA) is 15.3 Å². The van der Waals surface area contributed by atoms with Gasteiger partial charge in [-0.05, 0) is 34.0 Å². The predicted octanol–water partition coefficient (Wildman–Crippen LogP) is 1.32. The third kappa shape index (κ3) is 3.21. The standard InChI is InChI=1S/C9H22N2/c1-6-11(7-2)9(4)8(3)10-5/h8-10H,6-7H2,1-5H3. The Labute approximate surface area is 71.0 Å². The third-order valence-electron chi connectivity index (χ3n) is 2.57. The summed E-state index contributed by atoms with van der Waals surface area (Å²) in [5.74, 6) is 0. The van der Waals surface area contributed by atoms with Crippen LogP contribution in [0.2, 0.25) is 0 Å². The molecule has 0 fully saturated rings. The zero-order valence-electron chi connectivity index (χ0n) is 8.52. The summed E-state index contributed by atoms with van der Waals surface area (Å²) in [5.41, 5.74) is 0. The molecule has 0 aliphatic rings. The molecule has 0 amide bonds. The van der Waals surface area contributed by atoms with Crippen LogP contribution in [0.4, 0.5) is 0 Å². The van der Waals surface area contributed by atoms with Crippen molar-refractivity contribution >= 4 is 0 Å². The minimum Gasteiger partial charge on any atom is -0.316 e. The van der Waals surface area contributed by atoms with Crippen LogP contribution in [0.5, 0.6) is 0 Å². The summed E-state index contributed by atoms with van der Waals surface area (Å²) in [5, 5.41) is 3.27. The molecule has 0 spiro atoms. The van der Waals surface area contributed by atoms with Gasteiger partial charge in [-0.3, -0.25) is 4.90 Å². The monoisotopic (exact) mass is 158 g/mol. The fourth-order valence-corrected chi connectivity index (χ4v) is 1.36. The van der Waals surface area contributed by atoms with E-state index in [4.69, 9.17) is 0 Å². The number of rotatable bonds is 5. The lowest BCUT2D eigenvalue weighted by atomic mass is 10.1. The molecule has 0 aromatic carbocycles. The zero-order valence-corrected chi connectivity index (χ0v) is 8.52. The maximum Gasteiger partial charge on any atom is 0.0218 e. The van der Waals surface area contributed by atoms with Gasteiger partial charge in [0.15, 0.2) is 0 Å². The number of nitrogens with one attached hydrogen (secondary N) is 1. The van der Waals surface area contributed by atoms with Crippen LogP contribution in [0.15, 0.2) is 0 Å². The Kier molecular flexibility index (Phi) is 5.51. The van der Waals surface area contributed by atoms with E-state index < -0.39 is 0 Å². The smallest absolute Gasteiger partial charge is 0.0218 e. The molecule has 0 bridgehead atoms. The molecule has 1 N–H and O–H groups in total. The van der Waals surface area contributed by atoms with Crippen molar-refractivity contribution in [2.75, 3.05) is 20.1 Å². The second kappa shape index (κ2) is 5.56. The molecule has 2 unspecified atom stereocenters. The molecule has 0 rings (SSSR count). The van der Waals surface area contributed by atoms with Gasteiger partial charge in [0, 0.05) is 12.1 Å². The summed E-state index contributed by atoms with van der Waals surface area (Å²) in [7, 11) is 2.02. The molecule has 0 radical (unpaired) electrons. The van der Waals surface area contributed by atoms with Gasteiger partial charge < -0.3 is 5.32 Å². The molecule has 2 heteroatoms. The Balaban J connectivity index is 3.86. The van der Waals surface area contributed by atoms with Crippen molar-refractivity contribution in [3.8, 4) is 0 Å². The normalized spacial score (nSPS) is 16.9. The number of hydrogen-bond acceptors (Lipinski definition) is 2. The van der Waals surface area contributed by atoms with Gasteiger partial charge in [-0.15, -0.1) is 0 Å². The van der Waals surface area contributed by atoms with Crippen LogP contribution in [-0.4, -0.2) is 37.1 Å². The van der Waals surface area contributed by atoms with Crippen LogP contribution in [0, 0.1) is 0 Å². The van der Waals surface area contributed by atoms with Gasteiger partial charge in [0.2, 0.25) is 0 Å². The molecule has 0 aliphatic heterocycles. The van der Waals surface area contributed by atoms with Crippen LogP contribution >= 0.6 is 0 Å². The quantitative estimate of drug-likeness (QED) is 0.649. The van der Waals surface area contributed by atoms with Crippen molar-refractivity contribution in [3.63, 3.8) is 0 Å². The maximum absolute atomic E-state index is 3.27. The van der Waals surface area contributed by atoms with Crippen LogP contribution in [0.1, 0.15) is 27.7 Å². The van der Waals surface area contributed by atoms with Gasteiger partial charge >= 0.3 is 0 Å². The van der Waals surface area contributed by atoms with Crippen LogP contribution in [-0.2, 0) is 0 Å². The molecule has 0 aromatic heterocycles. The highest BCUT2D eigenvalue weighted by atomic mass is 15.2. The summed E-state index contributed by atoms with van der Waals surface area (Å²) in [4.78, 5) is 2.46. The average molecular weight is 158 g/mol. The van der Waals surface area contributed by atoms with Gasteiger partial charge in [-0.2, -0.15) is 0 Å². The first-order chi connectivity index (χ1) is 5.17. The van der Waals surface area contributed by atoms with Crippen molar-refractivity contribution in [1.29, 1.82) is 0 Å². The highest BCUT2D eigenvalue weighted by Crippen LogP contribution is 2.02. The second-order valence-electron chi connectivity index (χ2n) is 3.04. The summed E-state index contributed by atoms with van der Waals surface area (Å²) < 4.78 is 0. The lowest BCUT2D eigenvalue weighted by Crippen LogP contribution is -2.45. The molecular weight excluding hydrogens is 136 g/mol. The summed E-state index contributed by atoms with van der Waals surface area (Å²) in [6, 6.07) is 1.21. The van der Waals surface area contributed by atoms with E-state index in [9.17, 15) is 0 Å². The Bertz CT molecular complexity index is 89.6. The first kappa shape index (κ1) is 10.9. The van der Waals surface area contributed by atoms with E-state index in [1.807, 2.05) is 7.05 Å². The third-order valence-corrected chi connectivity index (χ3v) is 2.57. The molecule has 68 valence electrons. The molecule has 0 aromatic rings. The Morgan fingerprint density at radius 3 is 1.91 bits per heavy atom.